The van der Waals surface area contributed by atoms with Gasteiger partial charge in [0, 0.05) is 26.4 Å². The minimum absolute atomic E-state index is 0.106. The molecule has 0 aliphatic carbocycles. The summed E-state index contributed by atoms with van der Waals surface area (Å²) in [7, 11) is 3.43. The summed E-state index contributed by atoms with van der Waals surface area (Å²) in [6.45, 7) is 2.89. The van der Waals surface area contributed by atoms with Gasteiger partial charge in [0.25, 0.3) is 5.91 Å². The SMILES string of the molecule is CN(C)C(=O)c1cc(OCCC2CCNC2)ccn1. The van der Waals surface area contributed by atoms with E-state index in [0.717, 1.165) is 19.5 Å². The molecule has 2 heterocycles. The van der Waals surface area contributed by atoms with Crippen LogP contribution in [0.3, 0.4) is 0 Å². The summed E-state index contributed by atoms with van der Waals surface area (Å²) in [5, 5.41) is 3.34. The Morgan fingerprint density at radius 2 is 2.42 bits per heavy atom. The second kappa shape index (κ2) is 6.52. The van der Waals surface area contributed by atoms with E-state index in [2.05, 4.69) is 10.3 Å². The van der Waals surface area contributed by atoms with Crippen LogP contribution in [-0.4, -0.2) is 49.6 Å². The van der Waals surface area contributed by atoms with Crippen molar-refractivity contribution in [1.82, 2.24) is 15.2 Å². The molecule has 1 aliphatic heterocycles. The lowest BCUT2D eigenvalue weighted by Gasteiger charge is -2.12. The zero-order chi connectivity index (χ0) is 13.7. The molecule has 0 radical (unpaired) electrons. The van der Waals surface area contributed by atoms with Crippen molar-refractivity contribution in [2.75, 3.05) is 33.8 Å². The quantitative estimate of drug-likeness (QED) is 0.866. The minimum atomic E-state index is -0.106. The van der Waals surface area contributed by atoms with Gasteiger partial charge in [0.2, 0.25) is 0 Å². The number of amides is 1. The number of aromatic nitrogens is 1. The third kappa shape index (κ3) is 3.92. The Morgan fingerprint density at radius 1 is 1.58 bits per heavy atom. The largest absolute Gasteiger partial charge is 0.493 e. The van der Waals surface area contributed by atoms with Gasteiger partial charge in [-0.1, -0.05) is 0 Å². The Bertz CT molecular complexity index is 428. The predicted molar refractivity (Wildman–Crippen MR) is 73.3 cm³/mol. The van der Waals surface area contributed by atoms with Crippen LogP contribution in [-0.2, 0) is 0 Å². The number of pyridine rings is 1. The lowest BCUT2D eigenvalue weighted by molar-refractivity contribution is 0.0821. The summed E-state index contributed by atoms with van der Waals surface area (Å²) in [6, 6.07) is 3.49. The monoisotopic (exact) mass is 263 g/mol. The standard InChI is InChI=1S/C14H21N3O2/c1-17(2)14(18)13-9-12(4-7-16-13)19-8-5-11-3-6-15-10-11/h4,7,9,11,15H,3,5-6,8,10H2,1-2H3. The molecule has 19 heavy (non-hydrogen) atoms. The van der Waals surface area contributed by atoms with E-state index >= 15 is 0 Å². The molecule has 0 saturated carbocycles. The third-order valence-corrected chi connectivity index (χ3v) is 3.31. The summed E-state index contributed by atoms with van der Waals surface area (Å²) in [6.07, 6.45) is 3.89. The summed E-state index contributed by atoms with van der Waals surface area (Å²) < 4.78 is 5.70. The maximum Gasteiger partial charge on any atom is 0.272 e. The maximum atomic E-state index is 11.8. The van der Waals surface area contributed by atoms with Gasteiger partial charge < -0.3 is 15.0 Å². The first-order valence-corrected chi connectivity index (χ1v) is 6.68. The number of hydrogen-bond donors (Lipinski definition) is 1. The molecule has 1 aliphatic rings. The van der Waals surface area contributed by atoms with Gasteiger partial charge in [-0.15, -0.1) is 0 Å². The van der Waals surface area contributed by atoms with Crippen molar-refractivity contribution in [1.29, 1.82) is 0 Å². The van der Waals surface area contributed by atoms with E-state index in [1.54, 1.807) is 32.4 Å². The first kappa shape index (κ1) is 13.8. The van der Waals surface area contributed by atoms with E-state index in [0.29, 0.717) is 24.0 Å². The number of nitrogens with zero attached hydrogens (tertiary/aromatic N) is 2. The predicted octanol–water partition coefficient (Wildman–Crippen LogP) is 1.16. The highest BCUT2D eigenvalue weighted by atomic mass is 16.5. The molecular weight excluding hydrogens is 242 g/mol. The van der Waals surface area contributed by atoms with Crippen LogP contribution in [0.1, 0.15) is 23.3 Å². The van der Waals surface area contributed by atoms with Crippen LogP contribution in [0.15, 0.2) is 18.3 Å². The van der Waals surface area contributed by atoms with Crippen molar-refractivity contribution in [2.24, 2.45) is 5.92 Å². The lowest BCUT2D eigenvalue weighted by atomic mass is 10.1. The molecule has 1 aromatic rings. The Morgan fingerprint density at radius 3 is 3.11 bits per heavy atom. The molecule has 2 rings (SSSR count). The topological polar surface area (TPSA) is 54.5 Å². The molecule has 5 heteroatoms. The van der Waals surface area contributed by atoms with Gasteiger partial charge in [-0.25, -0.2) is 0 Å². The van der Waals surface area contributed by atoms with Crippen molar-refractivity contribution >= 4 is 5.91 Å². The normalized spacial score (nSPS) is 18.3. The number of carbonyl (C=O) groups excluding carboxylic acids is 1. The van der Waals surface area contributed by atoms with Gasteiger partial charge in [0.05, 0.1) is 6.61 Å². The molecule has 1 amide bonds. The van der Waals surface area contributed by atoms with E-state index < -0.39 is 0 Å². The second-order valence-electron chi connectivity index (χ2n) is 5.07. The van der Waals surface area contributed by atoms with Crippen LogP contribution in [0, 0.1) is 5.92 Å². The van der Waals surface area contributed by atoms with Crippen molar-refractivity contribution in [3.8, 4) is 5.75 Å². The van der Waals surface area contributed by atoms with E-state index in [1.807, 2.05) is 0 Å². The molecule has 1 saturated heterocycles. The Balaban J connectivity index is 1.86. The maximum absolute atomic E-state index is 11.8. The van der Waals surface area contributed by atoms with Crippen molar-refractivity contribution in [2.45, 2.75) is 12.8 Å². The summed E-state index contributed by atoms with van der Waals surface area (Å²) >= 11 is 0. The van der Waals surface area contributed by atoms with Crippen molar-refractivity contribution < 1.29 is 9.53 Å². The lowest BCUT2D eigenvalue weighted by Crippen LogP contribution is -2.22. The fourth-order valence-electron chi connectivity index (χ4n) is 2.15. The van der Waals surface area contributed by atoms with Gasteiger partial charge in [0.1, 0.15) is 11.4 Å². The highest BCUT2D eigenvalue weighted by Crippen LogP contribution is 2.15. The van der Waals surface area contributed by atoms with Crippen molar-refractivity contribution in [3.63, 3.8) is 0 Å². The zero-order valence-corrected chi connectivity index (χ0v) is 11.6. The number of hydrogen-bond acceptors (Lipinski definition) is 4. The van der Waals surface area contributed by atoms with Gasteiger partial charge in [-0.2, -0.15) is 0 Å². The third-order valence-electron chi connectivity index (χ3n) is 3.31. The fourth-order valence-corrected chi connectivity index (χ4v) is 2.15. The molecule has 1 unspecified atom stereocenters. The minimum Gasteiger partial charge on any atom is -0.493 e. The average Bonchev–Trinajstić information content (AvgIpc) is 2.91. The van der Waals surface area contributed by atoms with Crippen molar-refractivity contribution in [3.05, 3.63) is 24.0 Å². The van der Waals surface area contributed by atoms with Crippen LogP contribution in [0.5, 0.6) is 5.75 Å². The molecule has 0 bridgehead atoms. The molecule has 0 spiro atoms. The van der Waals surface area contributed by atoms with E-state index in [-0.39, 0.29) is 5.91 Å². The summed E-state index contributed by atoms with van der Waals surface area (Å²) in [5.74, 6) is 1.32. The Kier molecular flexibility index (Phi) is 4.74. The van der Waals surface area contributed by atoms with Gasteiger partial charge >= 0.3 is 0 Å². The number of nitrogens with one attached hydrogen (secondary N) is 1. The molecule has 1 N–H and O–H groups in total. The number of carbonyl (C=O) groups is 1. The molecule has 1 fully saturated rings. The van der Waals surface area contributed by atoms with Crippen LogP contribution in [0.4, 0.5) is 0 Å². The molecule has 0 aromatic carbocycles. The molecule has 1 aromatic heterocycles. The van der Waals surface area contributed by atoms with E-state index in [9.17, 15) is 4.79 Å². The second-order valence-corrected chi connectivity index (χ2v) is 5.07. The highest BCUT2D eigenvalue weighted by molar-refractivity contribution is 5.92. The zero-order valence-electron chi connectivity index (χ0n) is 11.6. The molecule has 1 atom stereocenters. The van der Waals surface area contributed by atoms with E-state index in [4.69, 9.17) is 4.74 Å². The van der Waals surface area contributed by atoms with Crippen LogP contribution < -0.4 is 10.1 Å². The Hall–Kier alpha value is -1.62. The average molecular weight is 263 g/mol. The van der Waals surface area contributed by atoms with Gasteiger partial charge in [-0.05, 0) is 37.9 Å². The smallest absolute Gasteiger partial charge is 0.272 e. The van der Waals surface area contributed by atoms with Crippen LogP contribution >= 0.6 is 0 Å². The highest BCUT2D eigenvalue weighted by Gasteiger charge is 2.14. The molecular formula is C14H21N3O2. The van der Waals surface area contributed by atoms with Gasteiger partial charge in [-0.3, -0.25) is 9.78 Å². The number of rotatable bonds is 5. The molecule has 104 valence electrons. The summed E-state index contributed by atoms with van der Waals surface area (Å²) in [5.41, 5.74) is 0.421. The van der Waals surface area contributed by atoms with E-state index in [1.165, 1.54) is 11.3 Å². The van der Waals surface area contributed by atoms with Crippen LogP contribution in [0.2, 0.25) is 0 Å². The Labute approximate surface area is 114 Å². The number of ether oxygens (including phenoxy) is 1. The first-order valence-electron chi connectivity index (χ1n) is 6.68. The first-order chi connectivity index (χ1) is 9.16. The summed E-state index contributed by atoms with van der Waals surface area (Å²) in [4.78, 5) is 17.4. The fraction of sp³-hybridized carbons (Fsp3) is 0.571. The van der Waals surface area contributed by atoms with Gasteiger partial charge in [0.15, 0.2) is 0 Å². The molecule has 5 nitrogen and oxygen atoms in total. The van der Waals surface area contributed by atoms with Crippen LogP contribution in [0.25, 0.3) is 0 Å².